The number of carbonyl (C=O) groups is 2. The Morgan fingerprint density at radius 1 is 0.861 bits per heavy atom. The van der Waals surface area contributed by atoms with Crippen molar-refractivity contribution in [2.45, 2.75) is 31.7 Å². The fourth-order valence-corrected chi connectivity index (χ4v) is 4.96. The van der Waals surface area contributed by atoms with Crippen LogP contribution in [0.5, 0.6) is 17.2 Å². The van der Waals surface area contributed by atoms with E-state index in [9.17, 15) is 9.59 Å². The number of allylic oxidation sites excluding steroid dienone is 1. The highest BCUT2D eigenvalue weighted by atomic mass is 16.6. The summed E-state index contributed by atoms with van der Waals surface area (Å²) in [5.41, 5.74) is 5.36. The highest BCUT2D eigenvalue weighted by molar-refractivity contribution is 6.01. The van der Waals surface area contributed by atoms with Crippen LogP contribution in [-0.4, -0.2) is 26.0 Å². The van der Waals surface area contributed by atoms with Gasteiger partial charge in [0.2, 0.25) is 0 Å². The van der Waals surface area contributed by atoms with Crippen molar-refractivity contribution in [1.82, 2.24) is 0 Å². The van der Waals surface area contributed by atoms with Crippen LogP contribution in [-0.2, 0) is 9.59 Å². The molecule has 2 unspecified atom stereocenters. The number of ether oxygens (including phenoxy) is 3. The lowest BCUT2D eigenvalue weighted by Crippen LogP contribution is -2.27. The molecule has 0 radical (unpaired) electrons. The summed E-state index contributed by atoms with van der Waals surface area (Å²) in [6.07, 6.45) is 1.10. The number of esters is 1. The maximum Gasteiger partial charge on any atom is 0.308 e. The third-order valence-electron chi connectivity index (χ3n) is 6.67. The molecule has 36 heavy (non-hydrogen) atoms. The zero-order valence-electron chi connectivity index (χ0n) is 20.5. The number of hydrogen-bond donors (Lipinski definition) is 2. The molecular weight excluding hydrogens is 456 g/mol. The molecular formula is C29H28N2O5. The van der Waals surface area contributed by atoms with Gasteiger partial charge < -0.3 is 24.8 Å². The lowest BCUT2D eigenvalue weighted by molar-refractivity contribution is -0.132. The summed E-state index contributed by atoms with van der Waals surface area (Å²) in [5, 5.41) is 7.12. The summed E-state index contributed by atoms with van der Waals surface area (Å²) in [4.78, 5) is 25.2. The summed E-state index contributed by atoms with van der Waals surface area (Å²) in [5.74, 6) is 1.27. The third kappa shape index (κ3) is 4.52. The number of benzene rings is 3. The number of nitrogens with one attached hydrogen (secondary N) is 2. The summed E-state index contributed by atoms with van der Waals surface area (Å²) in [6, 6.07) is 20.8. The van der Waals surface area contributed by atoms with E-state index in [2.05, 4.69) is 10.6 Å². The van der Waals surface area contributed by atoms with Gasteiger partial charge in [0.05, 0.1) is 31.6 Å². The van der Waals surface area contributed by atoms with Gasteiger partial charge >= 0.3 is 5.97 Å². The maximum atomic E-state index is 13.7. The van der Waals surface area contributed by atoms with Crippen LogP contribution < -0.4 is 24.8 Å². The van der Waals surface area contributed by atoms with Crippen molar-refractivity contribution in [3.63, 3.8) is 0 Å². The predicted molar refractivity (Wildman–Crippen MR) is 138 cm³/mol. The van der Waals surface area contributed by atoms with Gasteiger partial charge in [-0.25, -0.2) is 0 Å². The minimum absolute atomic E-state index is 0.0569. The lowest BCUT2D eigenvalue weighted by atomic mass is 9.78. The van der Waals surface area contributed by atoms with E-state index in [0.29, 0.717) is 29.9 Å². The average Bonchev–Trinajstić information content (AvgIpc) is 3.05. The maximum absolute atomic E-state index is 13.7. The molecule has 2 aliphatic rings. The topological polar surface area (TPSA) is 85.9 Å². The lowest BCUT2D eigenvalue weighted by Gasteiger charge is -2.30. The van der Waals surface area contributed by atoms with Crippen LogP contribution in [0.25, 0.3) is 0 Å². The van der Waals surface area contributed by atoms with Crippen molar-refractivity contribution in [2.24, 2.45) is 0 Å². The normalized spacial score (nSPS) is 18.7. The second-order valence-electron chi connectivity index (χ2n) is 8.95. The van der Waals surface area contributed by atoms with Gasteiger partial charge in [0, 0.05) is 24.6 Å². The summed E-state index contributed by atoms with van der Waals surface area (Å²) in [6.45, 7) is 1.35. The molecule has 2 atom stereocenters. The molecule has 1 aliphatic carbocycles. The van der Waals surface area contributed by atoms with Gasteiger partial charge in [-0.1, -0.05) is 30.3 Å². The Kier molecular flexibility index (Phi) is 6.38. The van der Waals surface area contributed by atoms with Gasteiger partial charge in [0.25, 0.3) is 0 Å². The smallest absolute Gasteiger partial charge is 0.308 e. The van der Waals surface area contributed by atoms with E-state index in [4.69, 9.17) is 14.2 Å². The molecule has 3 aromatic rings. The standard InChI is InChI=1S/C29H28N2O5/c1-17(32)36-26-13-10-19(16-27(26)35-3)29-28-24(30-22-6-4-5-7-23(22)31-29)14-20(15-25(28)33)18-8-11-21(34-2)12-9-18/h4-13,16,20,29-31H,14-15H2,1-3H3. The molecule has 1 aliphatic heterocycles. The first-order chi connectivity index (χ1) is 17.5. The summed E-state index contributed by atoms with van der Waals surface area (Å²) >= 11 is 0. The van der Waals surface area contributed by atoms with Gasteiger partial charge in [-0.05, 0) is 59.9 Å². The van der Waals surface area contributed by atoms with Crippen molar-refractivity contribution in [3.8, 4) is 17.2 Å². The van der Waals surface area contributed by atoms with Gasteiger partial charge in [-0.15, -0.1) is 0 Å². The van der Waals surface area contributed by atoms with Crippen LogP contribution in [0.4, 0.5) is 11.4 Å². The molecule has 0 amide bonds. The number of para-hydroxylation sites is 2. The van der Waals surface area contributed by atoms with Crippen molar-refractivity contribution >= 4 is 23.1 Å². The van der Waals surface area contributed by atoms with Crippen LogP contribution in [0.15, 0.2) is 78.0 Å². The van der Waals surface area contributed by atoms with Crippen molar-refractivity contribution in [2.75, 3.05) is 24.9 Å². The largest absolute Gasteiger partial charge is 0.497 e. The van der Waals surface area contributed by atoms with E-state index >= 15 is 0 Å². The minimum atomic E-state index is -0.427. The van der Waals surface area contributed by atoms with E-state index < -0.39 is 12.0 Å². The second-order valence-corrected chi connectivity index (χ2v) is 8.95. The SMILES string of the molecule is COc1ccc(C2CC(=O)C3=C(C2)Nc2ccccc2NC3c2ccc(OC(C)=O)c(OC)c2)cc1. The molecule has 3 aromatic carbocycles. The molecule has 1 heterocycles. The number of hydrogen-bond acceptors (Lipinski definition) is 7. The molecule has 0 fully saturated rings. The number of rotatable bonds is 5. The Bertz CT molecular complexity index is 1350. The molecule has 0 saturated heterocycles. The van der Waals surface area contributed by atoms with Gasteiger partial charge in [0.1, 0.15) is 5.75 Å². The van der Waals surface area contributed by atoms with E-state index in [1.807, 2.05) is 60.7 Å². The third-order valence-corrected chi connectivity index (χ3v) is 6.67. The predicted octanol–water partition coefficient (Wildman–Crippen LogP) is 5.61. The number of ketones is 1. The van der Waals surface area contributed by atoms with Gasteiger partial charge in [-0.2, -0.15) is 0 Å². The van der Waals surface area contributed by atoms with Crippen LogP contribution in [0.2, 0.25) is 0 Å². The van der Waals surface area contributed by atoms with Crippen LogP contribution in [0.1, 0.15) is 42.9 Å². The van der Waals surface area contributed by atoms with Gasteiger partial charge in [0.15, 0.2) is 17.3 Å². The molecule has 0 saturated carbocycles. The molecule has 0 aromatic heterocycles. The van der Waals surface area contributed by atoms with E-state index in [0.717, 1.165) is 33.9 Å². The Balaban J connectivity index is 1.57. The highest BCUT2D eigenvalue weighted by Crippen LogP contribution is 2.45. The fourth-order valence-electron chi connectivity index (χ4n) is 4.96. The number of Topliss-reactive ketones (excluding diaryl/α,β-unsaturated/α-hetero) is 1. The number of fused-ring (bicyclic) bond motifs is 1. The fraction of sp³-hybridized carbons (Fsp3) is 0.241. The van der Waals surface area contributed by atoms with E-state index in [1.165, 1.54) is 14.0 Å². The first-order valence-electron chi connectivity index (χ1n) is 11.9. The number of anilines is 2. The molecule has 2 N–H and O–H groups in total. The zero-order chi connectivity index (χ0) is 25.2. The van der Waals surface area contributed by atoms with Gasteiger partial charge in [-0.3, -0.25) is 9.59 Å². The van der Waals surface area contributed by atoms with Crippen molar-refractivity contribution in [1.29, 1.82) is 0 Å². The number of carbonyl (C=O) groups excluding carboxylic acids is 2. The summed E-state index contributed by atoms with van der Waals surface area (Å²) < 4.78 is 16.1. The molecule has 5 rings (SSSR count). The average molecular weight is 485 g/mol. The Labute approximate surface area is 210 Å². The minimum Gasteiger partial charge on any atom is -0.497 e. The van der Waals surface area contributed by atoms with E-state index in [-0.39, 0.29) is 11.7 Å². The van der Waals surface area contributed by atoms with Crippen LogP contribution in [0, 0.1) is 0 Å². The molecule has 184 valence electrons. The molecule has 7 nitrogen and oxygen atoms in total. The van der Waals surface area contributed by atoms with Crippen molar-refractivity contribution in [3.05, 3.63) is 89.1 Å². The van der Waals surface area contributed by atoms with Crippen LogP contribution in [0.3, 0.4) is 0 Å². The second kappa shape index (κ2) is 9.77. The molecule has 0 spiro atoms. The monoisotopic (exact) mass is 484 g/mol. The van der Waals surface area contributed by atoms with Crippen LogP contribution >= 0.6 is 0 Å². The number of methoxy groups -OCH3 is 2. The Morgan fingerprint density at radius 2 is 1.58 bits per heavy atom. The highest BCUT2D eigenvalue weighted by Gasteiger charge is 2.36. The molecule has 0 bridgehead atoms. The quantitative estimate of drug-likeness (QED) is 0.360. The zero-order valence-corrected chi connectivity index (χ0v) is 20.5. The molecule has 7 heteroatoms. The van der Waals surface area contributed by atoms with Crippen molar-refractivity contribution < 1.29 is 23.8 Å². The summed E-state index contributed by atoms with van der Waals surface area (Å²) in [7, 11) is 3.17. The Morgan fingerprint density at radius 3 is 2.28 bits per heavy atom. The first kappa shape index (κ1) is 23.5. The van der Waals surface area contributed by atoms with E-state index in [1.54, 1.807) is 13.2 Å². The Hall–Kier alpha value is -4.26. The first-order valence-corrected chi connectivity index (χ1v) is 11.9.